The topological polar surface area (TPSA) is 80.0 Å². The Morgan fingerprint density at radius 2 is 2.06 bits per heavy atom. The molecule has 1 rings (SSSR count). The van der Waals surface area contributed by atoms with Crippen LogP contribution in [0, 0.1) is 11.3 Å². The largest absolute Gasteiger partial charge is 0.574 e. The average Bonchev–Trinajstić information content (AvgIpc) is 2.13. The van der Waals surface area contributed by atoms with Gasteiger partial charge in [0.15, 0.2) is 5.03 Å². The van der Waals surface area contributed by atoms with Crippen LogP contribution in [0.3, 0.4) is 0 Å². The molecule has 0 unspecified atom stereocenters. The van der Waals surface area contributed by atoms with Crippen LogP contribution >= 0.6 is 26.6 Å². The number of hydrogen-bond donors (Lipinski definition) is 0. The number of rotatable bonds is 2. The van der Waals surface area contributed by atoms with E-state index in [0.29, 0.717) is 0 Å². The molecule has 0 spiro atoms. The Hall–Kier alpha value is -1.05. The van der Waals surface area contributed by atoms with Crippen molar-refractivity contribution >= 4 is 35.7 Å². The van der Waals surface area contributed by atoms with Gasteiger partial charge in [-0.05, 0) is 22.0 Å². The molecular formula is C7HBrClF3N2O3S. The number of alkyl halides is 3. The van der Waals surface area contributed by atoms with Crippen LogP contribution in [-0.4, -0.2) is 19.8 Å². The SMILES string of the molecule is N#Cc1c(Br)cc(S(=O)(=O)Cl)nc1OC(F)(F)F. The summed E-state index contributed by atoms with van der Waals surface area (Å²) in [4.78, 5) is 3.05. The van der Waals surface area contributed by atoms with Gasteiger partial charge in [0.1, 0.15) is 11.6 Å². The Morgan fingerprint density at radius 3 is 2.44 bits per heavy atom. The van der Waals surface area contributed by atoms with Crippen molar-refractivity contribution in [2.75, 3.05) is 0 Å². The van der Waals surface area contributed by atoms with Gasteiger partial charge in [-0.25, -0.2) is 8.42 Å². The molecule has 11 heteroatoms. The van der Waals surface area contributed by atoms with Crippen LogP contribution in [0.15, 0.2) is 15.6 Å². The third-order valence-electron chi connectivity index (χ3n) is 1.49. The van der Waals surface area contributed by atoms with Gasteiger partial charge in [-0.3, -0.25) is 0 Å². The Morgan fingerprint density at radius 1 is 1.50 bits per heavy atom. The van der Waals surface area contributed by atoms with Crippen molar-refractivity contribution in [1.82, 2.24) is 4.98 Å². The molecule has 5 nitrogen and oxygen atoms in total. The maximum atomic E-state index is 12.0. The van der Waals surface area contributed by atoms with Gasteiger partial charge in [0.05, 0.1) is 0 Å². The molecule has 1 aromatic rings. The quantitative estimate of drug-likeness (QED) is 0.753. The van der Waals surface area contributed by atoms with Crippen LogP contribution in [0.2, 0.25) is 0 Å². The number of nitriles is 1. The summed E-state index contributed by atoms with van der Waals surface area (Å²) in [5.41, 5.74) is -0.601. The normalized spacial score (nSPS) is 12.0. The molecule has 0 aliphatic heterocycles. The molecule has 0 saturated carbocycles. The molecule has 1 aromatic heterocycles. The molecule has 0 N–H and O–H groups in total. The fraction of sp³-hybridized carbons (Fsp3) is 0.143. The van der Waals surface area contributed by atoms with E-state index < -0.39 is 31.9 Å². The molecule has 1 heterocycles. The Labute approximate surface area is 112 Å². The number of nitrogens with zero attached hydrogens (tertiary/aromatic N) is 2. The summed E-state index contributed by atoms with van der Waals surface area (Å²) in [7, 11) is 0.584. The van der Waals surface area contributed by atoms with E-state index in [2.05, 4.69) is 25.7 Å². The highest BCUT2D eigenvalue weighted by Crippen LogP contribution is 2.31. The van der Waals surface area contributed by atoms with Crippen molar-refractivity contribution in [3.63, 3.8) is 0 Å². The number of hydrogen-bond acceptors (Lipinski definition) is 5. The minimum absolute atomic E-state index is 0.238. The van der Waals surface area contributed by atoms with Gasteiger partial charge >= 0.3 is 6.36 Å². The fourth-order valence-corrected chi connectivity index (χ4v) is 2.19. The molecule has 0 aromatic carbocycles. The van der Waals surface area contributed by atoms with Gasteiger partial charge < -0.3 is 4.74 Å². The molecule has 0 bridgehead atoms. The smallest absolute Gasteiger partial charge is 0.386 e. The predicted octanol–water partition coefficient (Wildman–Crippen LogP) is 2.54. The first-order valence-electron chi connectivity index (χ1n) is 3.85. The van der Waals surface area contributed by atoms with E-state index in [0.717, 1.165) is 6.07 Å². The van der Waals surface area contributed by atoms with Crippen LogP contribution in [-0.2, 0) is 9.05 Å². The molecule has 0 radical (unpaired) electrons. The minimum Gasteiger partial charge on any atom is -0.386 e. The molecule has 0 aliphatic rings. The van der Waals surface area contributed by atoms with Gasteiger partial charge in [-0.2, -0.15) is 10.2 Å². The van der Waals surface area contributed by atoms with Crippen molar-refractivity contribution < 1.29 is 26.3 Å². The average molecular weight is 366 g/mol. The lowest BCUT2D eigenvalue weighted by molar-refractivity contribution is -0.276. The second kappa shape index (κ2) is 4.91. The molecule has 98 valence electrons. The summed E-state index contributed by atoms with van der Waals surface area (Å²) in [6, 6.07) is 2.19. The van der Waals surface area contributed by atoms with E-state index in [-0.39, 0.29) is 4.47 Å². The van der Waals surface area contributed by atoms with Gasteiger partial charge in [0.25, 0.3) is 9.05 Å². The Bertz CT molecular complexity index is 626. The molecule has 0 amide bonds. The summed E-state index contributed by atoms with van der Waals surface area (Å²) < 4.78 is 61.3. The minimum atomic E-state index is -5.12. The summed E-state index contributed by atoms with van der Waals surface area (Å²) in [5, 5.41) is 7.77. The highest BCUT2D eigenvalue weighted by Gasteiger charge is 2.34. The van der Waals surface area contributed by atoms with Crippen molar-refractivity contribution in [3.8, 4) is 11.9 Å². The number of aromatic nitrogens is 1. The molecule has 18 heavy (non-hydrogen) atoms. The van der Waals surface area contributed by atoms with Gasteiger partial charge in [-0.1, -0.05) is 0 Å². The van der Waals surface area contributed by atoms with E-state index in [4.69, 9.17) is 15.9 Å². The highest BCUT2D eigenvalue weighted by molar-refractivity contribution is 9.10. The zero-order chi connectivity index (χ0) is 14.1. The first kappa shape index (κ1) is 15.0. The van der Waals surface area contributed by atoms with Crippen LogP contribution in [0.25, 0.3) is 0 Å². The van der Waals surface area contributed by atoms with E-state index in [1.165, 1.54) is 6.07 Å². The fourth-order valence-electron chi connectivity index (χ4n) is 0.881. The van der Waals surface area contributed by atoms with E-state index in [1.807, 2.05) is 0 Å². The van der Waals surface area contributed by atoms with Crippen molar-refractivity contribution in [2.45, 2.75) is 11.4 Å². The maximum Gasteiger partial charge on any atom is 0.574 e. The van der Waals surface area contributed by atoms with Crippen LogP contribution in [0.5, 0.6) is 5.88 Å². The molecule has 0 fully saturated rings. The van der Waals surface area contributed by atoms with Crippen molar-refractivity contribution in [1.29, 1.82) is 5.26 Å². The highest BCUT2D eigenvalue weighted by atomic mass is 79.9. The van der Waals surface area contributed by atoms with Gasteiger partial charge in [0, 0.05) is 15.2 Å². The maximum absolute atomic E-state index is 12.0. The monoisotopic (exact) mass is 364 g/mol. The van der Waals surface area contributed by atoms with Crippen molar-refractivity contribution in [3.05, 3.63) is 16.1 Å². The zero-order valence-corrected chi connectivity index (χ0v) is 11.2. The number of halogens is 5. The van der Waals surface area contributed by atoms with E-state index in [9.17, 15) is 21.6 Å². The summed E-state index contributed by atoms with van der Waals surface area (Å²) >= 11 is 2.73. The predicted molar refractivity (Wildman–Crippen MR) is 56.4 cm³/mol. The Balaban J connectivity index is 3.48. The summed E-state index contributed by atoms with van der Waals surface area (Å²) in [6.45, 7) is 0. The van der Waals surface area contributed by atoms with E-state index in [1.54, 1.807) is 0 Å². The van der Waals surface area contributed by atoms with E-state index >= 15 is 0 Å². The van der Waals surface area contributed by atoms with Crippen LogP contribution in [0.1, 0.15) is 5.56 Å². The number of ether oxygens (including phenoxy) is 1. The lowest BCUT2D eigenvalue weighted by Gasteiger charge is -2.10. The molecule has 0 aliphatic carbocycles. The molecular weight excluding hydrogens is 365 g/mol. The first-order valence-corrected chi connectivity index (χ1v) is 6.96. The third-order valence-corrected chi connectivity index (χ3v) is 3.30. The second-order valence-corrected chi connectivity index (χ2v) is 6.09. The lowest BCUT2D eigenvalue weighted by atomic mass is 10.3. The summed E-state index contributed by atoms with van der Waals surface area (Å²) in [5.74, 6) is -1.20. The lowest BCUT2D eigenvalue weighted by Crippen LogP contribution is -2.19. The van der Waals surface area contributed by atoms with Crippen LogP contribution in [0.4, 0.5) is 13.2 Å². The third kappa shape index (κ3) is 3.72. The van der Waals surface area contributed by atoms with Gasteiger partial charge in [-0.15, -0.1) is 13.2 Å². The van der Waals surface area contributed by atoms with Gasteiger partial charge in [0.2, 0.25) is 5.88 Å². The Kier molecular flexibility index (Phi) is 4.09. The standard InChI is InChI=1S/C7HBrClF3N2O3S/c8-4-1-5(18(9,15)16)14-6(3(4)2-13)17-7(10,11)12/h1H. The number of pyridine rings is 1. The first-order chi connectivity index (χ1) is 8.04. The summed E-state index contributed by atoms with van der Waals surface area (Å²) in [6.07, 6.45) is -5.12. The van der Waals surface area contributed by atoms with Crippen LogP contribution < -0.4 is 4.74 Å². The van der Waals surface area contributed by atoms with Crippen molar-refractivity contribution in [2.24, 2.45) is 0 Å². The zero-order valence-electron chi connectivity index (χ0n) is 7.99. The molecule has 0 saturated heterocycles. The second-order valence-electron chi connectivity index (χ2n) is 2.72. The molecule has 0 atom stereocenters.